The standard InChI is InChI=1S/C27H24N4O3/c1-4-18-8-14-21(15-9-18)29-27(33)22-6-5-7-23(34-3)24(22)30-26(32)20-12-10-19(11-13-20)25-28-16-17-31(25)2/h1,5-15H,16-17H2,2-3H3,(H,29,33)(H,30,32). The zero-order valence-corrected chi connectivity index (χ0v) is 19.0. The first-order valence-corrected chi connectivity index (χ1v) is 10.7. The van der Waals surface area contributed by atoms with Crippen LogP contribution in [-0.4, -0.2) is 49.8 Å². The zero-order chi connectivity index (χ0) is 24.1. The molecule has 0 aromatic heterocycles. The van der Waals surface area contributed by atoms with Crippen LogP contribution in [0.1, 0.15) is 31.8 Å². The summed E-state index contributed by atoms with van der Waals surface area (Å²) >= 11 is 0. The smallest absolute Gasteiger partial charge is 0.257 e. The highest BCUT2D eigenvalue weighted by molar-refractivity contribution is 6.14. The van der Waals surface area contributed by atoms with Crippen molar-refractivity contribution in [2.45, 2.75) is 0 Å². The van der Waals surface area contributed by atoms with Crippen molar-refractivity contribution in [3.63, 3.8) is 0 Å². The third-order valence-corrected chi connectivity index (χ3v) is 5.50. The van der Waals surface area contributed by atoms with Crippen LogP contribution in [0.2, 0.25) is 0 Å². The number of benzene rings is 3. The summed E-state index contributed by atoms with van der Waals surface area (Å²) in [4.78, 5) is 32.6. The maximum absolute atomic E-state index is 13.0. The lowest BCUT2D eigenvalue weighted by Crippen LogP contribution is -2.23. The Kier molecular flexibility index (Phi) is 6.60. The second-order valence-electron chi connectivity index (χ2n) is 7.72. The SMILES string of the molecule is C#Cc1ccc(NC(=O)c2cccc(OC)c2NC(=O)c2ccc(C3=NCCN3C)cc2)cc1. The molecule has 34 heavy (non-hydrogen) atoms. The Morgan fingerprint density at radius 1 is 1.00 bits per heavy atom. The number of nitrogens with zero attached hydrogens (tertiary/aromatic N) is 2. The molecule has 1 aliphatic rings. The van der Waals surface area contributed by atoms with Gasteiger partial charge in [-0.1, -0.05) is 24.1 Å². The van der Waals surface area contributed by atoms with Crippen LogP contribution in [0.4, 0.5) is 11.4 Å². The van der Waals surface area contributed by atoms with Crippen molar-refractivity contribution in [1.82, 2.24) is 4.90 Å². The van der Waals surface area contributed by atoms with E-state index in [2.05, 4.69) is 26.4 Å². The average molecular weight is 453 g/mol. The van der Waals surface area contributed by atoms with E-state index >= 15 is 0 Å². The quantitative estimate of drug-likeness (QED) is 0.556. The van der Waals surface area contributed by atoms with Gasteiger partial charge in [0.25, 0.3) is 11.8 Å². The fraction of sp³-hybridized carbons (Fsp3) is 0.148. The second kappa shape index (κ2) is 9.92. The number of likely N-dealkylation sites (N-methyl/N-ethyl adjacent to an activating group) is 1. The first-order chi connectivity index (χ1) is 16.5. The molecule has 0 unspecified atom stereocenters. The van der Waals surface area contributed by atoms with Crippen LogP contribution in [0.25, 0.3) is 0 Å². The summed E-state index contributed by atoms with van der Waals surface area (Å²) in [7, 11) is 3.48. The molecule has 7 nitrogen and oxygen atoms in total. The highest BCUT2D eigenvalue weighted by atomic mass is 16.5. The van der Waals surface area contributed by atoms with Gasteiger partial charge < -0.3 is 20.3 Å². The number of para-hydroxylation sites is 1. The Morgan fingerprint density at radius 3 is 2.35 bits per heavy atom. The first kappa shape index (κ1) is 22.6. The number of nitrogens with one attached hydrogen (secondary N) is 2. The lowest BCUT2D eigenvalue weighted by molar-refractivity contribution is 0.102. The summed E-state index contributed by atoms with van der Waals surface area (Å²) in [5.74, 6) is 3.08. The second-order valence-corrected chi connectivity index (χ2v) is 7.72. The van der Waals surface area contributed by atoms with Crippen LogP contribution in [0.3, 0.4) is 0 Å². The van der Waals surface area contributed by atoms with Gasteiger partial charge in [0.05, 0.1) is 24.9 Å². The van der Waals surface area contributed by atoms with E-state index < -0.39 is 0 Å². The van der Waals surface area contributed by atoms with E-state index in [4.69, 9.17) is 11.2 Å². The predicted molar refractivity (Wildman–Crippen MR) is 134 cm³/mol. The van der Waals surface area contributed by atoms with Gasteiger partial charge in [0, 0.05) is 36.0 Å². The van der Waals surface area contributed by atoms with Crippen molar-refractivity contribution in [3.05, 3.63) is 89.0 Å². The van der Waals surface area contributed by atoms with Crippen molar-refractivity contribution in [3.8, 4) is 18.1 Å². The van der Waals surface area contributed by atoms with E-state index in [1.165, 1.54) is 7.11 Å². The molecule has 2 amide bonds. The van der Waals surface area contributed by atoms with Gasteiger partial charge in [-0.25, -0.2) is 0 Å². The number of methoxy groups -OCH3 is 1. The van der Waals surface area contributed by atoms with E-state index in [0.717, 1.165) is 24.5 Å². The Morgan fingerprint density at radius 2 is 1.74 bits per heavy atom. The lowest BCUT2D eigenvalue weighted by atomic mass is 10.1. The monoisotopic (exact) mass is 452 g/mol. The number of amidine groups is 1. The Bertz CT molecular complexity index is 1290. The van der Waals surface area contributed by atoms with Crippen molar-refractivity contribution in [1.29, 1.82) is 0 Å². The third-order valence-electron chi connectivity index (χ3n) is 5.50. The number of ether oxygens (including phenoxy) is 1. The molecule has 0 spiro atoms. The molecule has 0 bridgehead atoms. The fourth-order valence-electron chi connectivity index (χ4n) is 3.67. The van der Waals surface area contributed by atoms with Crippen molar-refractivity contribution < 1.29 is 14.3 Å². The van der Waals surface area contributed by atoms with Gasteiger partial charge in [0.2, 0.25) is 0 Å². The minimum absolute atomic E-state index is 0.271. The number of anilines is 2. The molecule has 0 atom stereocenters. The molecular formula is C27H24N4O3. The molecule has 170 valence electrons. The summed E-state index contributed by atoms with van der Waals surface area (Å²) in [6.45, 7) is 1.64. The number of hydrogen-bond donors (Lipinski definition) is 2. The van der Waals surface area contributed by atoms with Gasteiger partial charge in [-0.2, -0.15) is 0 Å². The number of amides is 2. The van der Waals surface area contributed by atoms with E-state index in [-0.39, 0.29) is 23.1 Å². The van der Waals surface area contributed by atoms with Crippen molar-refractivity contribution in [2.75, 3.05) is 37.9 Å². The molecule has 7 heteroatoms. The van der Waals surface area contributed by atoms with Gasteiger partial charge >= 0.3 is 0 Å². The van der Waals surface area contributed by atoms with E-state index in [1.807, 2.05) is 19.2 Å². The highest BCUT2D eigenvalue weighted by Crippen LogP contribution is 2.30. The van der Waals surface area contributed by atoms with E-state index in [9.17, 15) is 9.59 Å². The van der Waals surface area contributed by atoms with Crippen LogP contribution >= 0.6 is 0 Å². The maximum Gasteiger partial charge on any atom is 0.257 e. The van der Waals surface area contributed by atoms with Crippen molar-refractivity contribution in [2.24, 2.45) is 4.99 Å². The van der Waals surface area contributed by atoms with Gasteiger partial charge in [-0.15, -0.1) is 6.42 Å². The number of rotatable bonds is 6. The molecule has 0 aliphatic carbocycles. The summed E-state index contributed by atoms with van der Waals surface area (Å²) < 4.78 is 5.41. The molecule has 4 rings (SSSR count). The molecule has 3 aromatic rings. The third kappa shape index (κ3) is 4.76. The average Bonchev–Trinajstić information content (AvgIpc) is 3.30. The summed E-state index contributed by atoms with van der Waals surface area (Å²) in [5, 5.41) is 5.66. The Hall–Kier alpha value is -4.57. The molecule has 1 heterocycles. The van der Waals surface area contributed by atoms with Crippen molar-refractivity contribution >= 4 is 29.0 Å². The summed E-state index contributed by atoms with van der Waals surface area (Å²) in [6, 6.07) is 19.1. The van der Waals surface area contributed by atoms with Gasteiger partial charge in [0.15, 0.2) is 0 Å². The van der Waals surface area contributed by atoms with E-state index in [0.29, 0.717) is 22.6 Å². The largest absolute Gasteiger partial charge is 0.495 e. The number of hydrogen-bond acceptors (Lipinski definition) is 5. The number of aliphatic imine (C=N–C) groups is 1. The molecular weight excluding hydrogens is 428 g/mol. The van der Waals surface area contributed by atoms with Crippen LogP contribution in [0.15, 0.2) is 71.7 Å². The molecule has 3 aromatic carbocycles. The van der Waals surface area contributed by atoms with Gasteiger partial charge in [-0.05, 0) is 48.5 Å². The summed E-state index contributed by atoms with van der Waals surface area (Å²) in [5.41, 5.74) is 3.25. The maximum atomic E-state index is 13.0. The number of carbonyl (C=O) groups excluding carboxylic acids is 2. The zero-order valence-electron chi connectivity index (χ0n) is 19.0. The van der Waals surface area contributed by atoms with E-state index in [1.54, 1.807) is 54.6 Å². The Balaban J connectivity index is 1.55. The Labute approximate surface area is 198 Å². The fourth-order valence-corrected chi connectivity index (χ4v) is 3.67. The topological polar surface area (TPSA) is 83.0 Å². The minimum Gasteiger partial charge on any atom is -0.495 e. The van der Waals surface area contributed by atoms with Gasteiger partial charge in [-0.3, -0.25) is 14.6 Å². The number of carbonyl (C=O) groups is 2. The van der Waals surface area contributed by atoms with Crippen LogP contribution in [-0.2, 0) is 0 Å². The predicted octanol–water partition coefficient (Wildman–Crippen LogP) is 3.87. The molecule has 0 fully saturated rings. The molecule has 0 saturated carbocycles. The minimum atomic E-state index is -0.389. The summed E-state index contributed by atoms with van der Waals surface area (Å²) in [6.07, 6.45) is 5.38. The molecule has 0 radical (unpaired) electrons. The molecule has 0 saturated heterocycles. The highest BCUT2D eigenvalue weighted by Gasteiger charge is 2.20. The lowest BCUT2D eigenvalue weighted by Gasteiger charge is -2.16. The normalized spacial score (nSPS) is 12.5. The number of terminal acetylenes is 1. The van der Waals surface area contributed by atoms with Gasteiger partial charge in [0.1, 0.15) is 11.6 Å². The van der Waals surface area contributed by atoms with Crippen LogP contribution in [0, 0.1) is 12.3 Å². The van der Waals surface area contributed by atoms with Crippen LogP contribution in [0.5, 0.6) is 5.75 Å². The first-order valence-electron chi connectivity index (χ1n) is 10.7. The molecule has 1 aliphatic heterocycles. The van der Waals surface area contributed by atoms with Crippen LogP contribution < -0.4 is 15.4 Å². The molecule has 2 N–H and O–H groups in total.